The monoisotopic (exact) mass is 411 g/mol. The molecule has 7 heteroatoms. The van der Waals surface area contributed by atoms with Crippen LogP contribution in [0.4, 0.5) is 4.79 Å². The van der Waals surface area contributed by atoms with Crippen LogP contribution in [0.1, 0.15) is 43.2 Å². The summed E-state index contributed by atoms with van der Waals surface area (Å²) in [5, 5.41) is 11.6. The second-order valence-corrected chi connectivity index (χ2v) is 7.14. The number of carbonyl (C=O) groups excluding carboxylic acids is 2. The molecule has 0 fully saturated rings. The van der Waals surface area contributed by atoms with Crippen molar-refractivity contribution in [1.82, 2.24) is 5.32 Å². The number of carbonyl (C=O) groups is 3. The first kappa shape index (κ1) is 21.4. The van der Waals surface area contributed by atoms with E-state index in [-0.39, 0.29) is 19.1 Å². The number of hydrogen-bond donors (Lipinski definition) is 2. The quantitative estimate of drug-likeness (QED) is 0.482. The van der Waals surface area contributed by atoms with E-state index in [4.69, 9.17) is 9.47 Å². The highest BCUT2D eigenvalue weighted by molar-refractivity contribution is 5.85. The van der Waals surface area contributed by atoms with E-state index < -0.39 is 30.5 Å². The van der Waals surface area contributed by atoms with E-state index in [0.717, 1.165) is 28.7 Å². The van der Waals surface area contributed by atoms with Crippen molar-refractivity contribution < 1.29 is 29.0 Å². The van der Waals surface area contributed by atoms with E-state index in [2.05, 4.69) is 5.32 Å². The number of hydrogen-bond acceptors (Lipinski definition) is 5. The van der Waals surface area contributed by atoms with Crippen LogP contribution in [-0.4, -0.2) is 42.4 Å². The van der Waals surface area contributed by atoms with Crippen LogP contribution in [0.25, 0.3) is 11.1 Å². The summed E-state index contributed by atoms with van der Waals surface area (Å²) >= 11 is 0. The highest BCUT2D eigenvalue weighted by Crippen LogP contribution is 2.44. The summed E-state index contributed by atoms with van der Waals surface area (Å²) in [6.07, 6.45) is 0.214. The van der Waals surface area contributed by atoms with Crippen LogP contribution in [0.5, 0.6) is 0 Å². The van der Waals surface area contributed by atoms with Gasteiger partial charge in [0.05, 0.1) is 13.0 Å². The third-order valence-electron chi connectivity index (χ3n) is 5.07. The molecule has 0 heterocycles. The first-order chi connectivity index (χ1) is 14.5. The van der Waals surface area contributed by atoms with Crippen LogP contribution in [0.2, 0.25) is 0 Å². The van der Waals surface area contributed by atoms with Crippen LogP contribution in [0, 0.1) is 0 Å². The van der Waals surface area contributed by atoms with Crippen molar-refractivity contribution in [2.45, 2.75) is 38.1 Å². The number of benzene rings is 2. The van der Waals surface area contributed by atoms with E-state index in [1.54, 1.807) is 0 Å². The molecule has 2 aromatic carbocycles. The zero-order valence-corrected chi connectivity index (χ0v) is 16.8. The fourth-order valence-electron chi connectivity index (χ4n) is 3.54. The van der Waals surface area contributed by atoms with Gasteiger partial charge in [-0.3, -0.25) is 4.79 Å². The molecular weight excluding hydrogens is 386 g/mol. The molecule has 0 aromatic heterocycles. The largest absolute Gasteiger partial charge is 0.480 e. The topological polar surface area (TPSA) is 102 Å². The predicted octanol–water partition coefficient (Wildman–Crippen LogP) is 3.71. The summed E-state index contributed by atoms with van der Waals surface area (Å²) in [5.74, 6) is -2.13. The van der Waals surface area contributed by atoms with Crippen molar-refractivity contribution in [3.05, 3.63) is 59.7 Å². The normalized spacial score (nSPS) is 13.1. The molecule has 0 radical (unpaired) electrons. The number of carboxylic acids is 1. The van der Waals surface area contributed by atoms with Gasteiger partial charge in [0.15, 0.2) is 0 Å². The Labute approximate surface area is 175 Å². The second kappa shape index (κ2) is 9.91. The van der Waals surface area contributed by atoms with Crippen LogP contribution in [0.3, 0.4) is 0 Å². The molecule has 30 heavy (non-hydrogen) atoms. The van der Waals surface area contributed by atoms with E-state index in [1.165, 1.54) is 0 Å². The summed E-state index contributed by atoms with van der Waals surface area (Å²) < 4.78 is 10.3. The molecule has 3 rings (SSSR count). The Morgan fingerprint density at radius 2 is 1.60 bits per heavy atom. The van der Waals surface area contributed by atoms with Gasteiger partial charge < -0.3 is 19.9 Å². The summed E-state index contributed by atoms with van der Waals surface area (Å²) in [5.41, 5.74) is 4.31. The second-order valence-electron chi connectivity index (χ2n) is 7.14. The molecule has 2 N–H and O–H groups in total. The third kappa shape index (κ3) is 4.97. The maximum atomic E-state index is 12.2. The SMILES string of the molecule is CCCCOC(=O)CC(NC(=O)OCC1c2ccccc2-c2ccccc21)C(=O)O. The predicted molar refractivity (Wildman–Crippen MR) is 110 cm³/mol. The number of unbranched alkanes of at least 4 members (excludes halogenated alkanes) is 1. The fraction of sp³-hybridized carbons (Fsp3) is 0.348. The van der Waals surface area contributed by atoms with Gasteiger partial charge in [-0.05, 0) is 28.7 Å². The summed E-state index contributed by atoms with van der Waals surface area (Å²) in [7, 11) is 0. The molecular formula is C23H25NO6. The molecule has 0 saturated carbocycles. The highest BCUT2D eigenvalue weighted by Gasteiger charge is 2.30. The zero-order valence-electron chi connectivity index (χ0n) is 16.8. The number of esters is 1. The average molecular weight is 411 g/mol. The molecule has 1 aliphatic carbocycles. The molecule has 1 amide bonds. The Bertz CT molecular complexity index is 880. The number of amides is 1. The minimum atomic E-state index is -1.41. The van der Waals surface area contributed by atoms with Gasteiger partial charge in [0.2, 0.25) is 0 Å². The molecule has 2 aromatic rings. The Kier molecular flexibility index (Phi) is 7.06. The third-order valence-corrected chi connectivity index (χ3v) is 5.07. The number of carboxylic acid groups (broad SMARTS) is 1. The summed E-state index contributed by atoms with van der Waals surface area (Å²) in [6.45, 7) is 2.24. The van der Waals surface area contributed by atoms with Gasteiger partial charge >= 0.3 is 18.0 Å². The Morgan fingerprint density at radius 3 is 2.17 bits per heavy atom. The van der Waals surface area contributed by atoms with Crippen LogP contribution in [0.15, 0.2) is 48.5 Å². The molecule has 1 atom stereocenters. The lowest BCUT2D eigenvalue weighted by molar-refractivity contribution is -0.149. The lowest BCUT2D eigenvalue weighted by Crippen LogP contribution is -2.43. The Balaban J connectivity index is 1.59. The maximum absolute atomic E-state index is 12.2. The van der Waals surface area contributed by atoms with Crippen molar-refractivity contribution in [3.8, 4) is 11.1 Å². The van der Waals surface area contributed by atoms with Gasteiger partial charge in [-0.1, -0.05) is 61.9 Å². The molecule has 158 valence electrons. The molecule has 7 nitrogen and oxygen atoms in total. The zero-order chi connectivity index (χ0) is 21.5. The van der Waals surface area contributed by atoms with Crippen molar-refractivity contribution in [2.24, 2.45) is 0 Å². The first-order valence-corrected chi connectivity index (χ1v) is 10.0. The van der Waals surface area contributed by atoms with Gasteiger partial charge in [-0.25, -0.2) is 9.59 Å². The standard InChI is InChI=1S/C23H25NO6/c1-2-3-12-29-21(25)13-20(22(26)27)24-23(28)30-14-19-17-10-6-4-8-15(17)16-9-5-7-11-18(16)19/h4-11,19-20H,2-3,12-14H2,1H3,(H,24,28)(H,26,27). The molecule has 1 unspecified atom stereocenters. The van der Waals surface area contributed by atoms with Crippen molar-refractivity contribution >= 4 is 18.0 Å². The highest BCUT2D eigenvalue weighted by atomic mass is 16.6. The fourth-order valence-corrected chi connectivity index (χ4v) is 3.54. The molecule has 1 aliphatic rings. The number of alkyl carbamates (subject to hydrolysis) is 1. The van der Waals surface area contributed by atoms with Crippen molar-refractivity contribution in [3.63, 3.8) is 0 Å². The molecule has 0 spiro atoms. The summed E-state index contributed by atoms with van der Waals surface area (Å²) in [4.78, 5) is 35.4. The Morgan fingerprint density at radius 1 is 1.00 bits per heavy atom. The molecule has 0 bridgehead atoms. The molecule has 0 aliphatic heterocycles. The summed E-state index contributed by atoms with van der Waals surface area (Å²) in [6, 6.07) is 14.4. The van der Waals surface area contributed by atoms with E-state index in [9.17, 15) is 19.5 Å². The van der Waals surface area contributed by atoms with Crippen LogP contribution >= 0.6 is 0 Å². The Hall–Kier alpha value is -3.35. The molecule has 0 saturated heterocycles. The minimum Gasteiger partial charge on any atom is -0.480 e. The lowest BCUT2D eigenvalue weighted by atomic mass is 9.98. The number of aliphatic carboxylic acids is 1. The number of nitrogens with one attached hydrogen (secondary N) is 1. The minimum absolute atomic E-state index is 0.0626. The lowest BCUT2D eigenvalue weighted by Gasteiger charge is -2.17. The van der Waals surface area contributed by atoms with E-state index in [0.29, 0.717) is 6.42 Å². The van der Waals surface area contributed by atoms with Crippen LogP contribution in [-0.2, 0) is 19.1 Å². The maximum Gasteiger partial charge on any atom is 0.407 e. The number of ether oxygens (including phenoxy) is 2. The van der Waals surface area contributed by atoms with Crippen LogP contribution < -0.4 is 5.32 Å². The number of fused-ring (bicyclic) bond motifs is 3. The average Bonchev–Trinajstić information content (AvgIpc) is 3.06. The van der Waals surface area contributed by atoms with Gasteiger partial charge in [0.25, 0.3) is 0 Å². The van der Waals surface area contributed by atoms with Gasteiger partial charge in [0, 0.05) is 5.92 Å². The smallest absolute Gasteiger partial charge is 0.407 e. The van der Waals surface area contributed by atoms with Gasteiger partial charge in [-0.15, -0.1) is 0 Å². The van der Waals surface area contributed by atoms with Gasteiger partial charge in [-0.2, -0.15) is 0 Å². The van der Waals surface area contributed by atoms with Gasteiger partial charge in [0.1, 0.15) is 12.6 Å². The van der Waals surface area contributed by atoms with Crippen molar-refractivity contribution in [1.29, 1.82) is 0 Å². The van der Waals surface area contributed by atoms with E-state index >= 15 is 0 Å². The number of rotatable bonds is 9. The van der Waals surface area contributed by atoms with E-state index in [1.807, 2.05) is 55.5 Å². The van der Waals surface area contributed by atoms with Crippen molar-refractivity contribution in [2.75, 3.05) is 13.2 Å². The first-order valence-electron chi connectivity index (χ1n) is 10.0.